The van der Waals surface area contributed by atoms with Gasteiger partial charge in [0.05, 0.1) is 22.8 Å². The van der Waals surface area contributed by atoms with Crippen LogP contribution in [0.1, 0.15) is 12.7 Å². The Bertz CT molecular complexity index is 1020. The molecule has 0 spiro atoms. The van der Waals surface area contributed by atoms with Crippen molar-refractivity contribution in [2.75, 3.05) is 5.32 Å². The molecule has 0 aliphatic carbocycles. The maximum Gasteiger partial charge on any atom is 0.237 e. The average Bonchev–Trinajstić information content (AvgIpc) is 3.24. The third kappa shape index (κ3) is 4.14. The second-order valence-corrected chi connectivity index (χ2v) is 7.28. The second kappa shape index (κ2) is 8.39. The molecule has 0 bridgehead atoms. The Kier molecular flexibility index (Phi) is 5.93. The average molecular weight is 404 g/mol. The number of anilines is 1. The van der Waals surface area contributed by atoms with E-state index in [1.54, 1.807) is 25.3 Å². The fourth-order valence-corrected chi connectivity index (χ4v) is 3.38. The Morgan fingerprint density at radius 2 is 2.18 bits per heavy atom. The summed E-state index contributed by atoms with van der Waals surface area (Å²) in [6, 6.07) is 4.67. The monoisotopic (exact) mass is 404 g/mol. The highest BCUT2D eigenvalue weighted by molar-refractivity contribution is 8.00. The first-order valence-electron chi connectivity index (χ1n) is 8.41. The molecular weight excluding hydrogens is 386 g/mol. The number of carbonyl (C=O) groups excluding carboxylic acids is 1. The lowest BCUT2D eigenvalue weighted by atomic mass is 10.2. The lowest BCUT2D eigenvalue weighted by molar-refractivity contribution is -0.115. The number of aromatic nitrogens is 3. The quantitative estimate of drug-likeness (QED) is 0.466. The largest absolute Gasteiger partial charge is 0.469 e. The SMILES string of the molecule is C=CCn1c(S[C@@H](C)C(=O)Nc2cc(F)ccc2F)nnc1-c1ccoc1C. The van der Waals surface area contributed by atoms with Crippen LogP contribution in [-0.2, 0) is 11.3 Å². The summed E-state index contributed by atoms with van der Waals surface area (Å²) in [5.41, 5.74) is 0.583. The van der Waals surface area contributed by atoms with Gasteiger partial charge < -0.3 is 9.73 Å². The highest BCUT2D eigenvalue weighted by atomic mass is 32.2. The summed E-state index contributed by atoms with van der Waals surface area (Å²) in [6.45, 7) is 7.64. The van der Waals surface area contributed by atoms with Gasteiger partial charge in [0.2, 0.25) is 5.91 Å². The molecule has 28 heavy (non-hydrogen) atoms. The number of hydrogen-bond acceptors (Lipinski definition) is 5. The maximum atomic E-state index is 13.7. The van der Waals surface area contributed by atoms with Crippen molar-refractivity contribution in [3.63, 3.8) is 0 Å². The zero-order chi connectivity index (χ0) is 20.3. The van der Waals surface area contributed by atoms with Crippen molar-refractivity contribution in [3.8, 4) is 11.4 Å². The third-order valence-corrected chi connectivity index (χ3v) is 5.05. The highest BCUT2D eigenvalue weighted by Crippen LogP contribution is 2.29. The number of rotatable bonds is 7. The van der Waals surface area contributed by atoms with Crippen molar-refractivity contribution in [2.45, 2.75) is 30.8 Å². The second-order valence-electron chi connectivity index (χ2n) is 5.97. The molecule has 0 saturated heterocycles. The minimum atomic E-state index is -0.709. The van der Waals surface area contributed by atoms with Gasteiger partial charge in [-0.25, -0.2) is 8.78 Å². The third-order valence-electron chi connectivity index (χ3n) is 3.97. The van der Waals surface area contributed by atoms with Crippen LogP contribution in [0.5, 0.6) is 0 Å². The van der Waals surface area contributed by atoms with Crippen LogP contribution in [0.15, 0.2) is 52.8 Å². The number of furan rings is 1. The Hall–Kier alpha value is -2.94. The van der Waals surface area contributed by atoms with Gasteiger partial charge in [-0.2, -0.15) is 0 Å². The molecule has 2 heterocycles. The Morgan fingerprint density at radius 3 is 2.86 bits per heavy atom. The van der Waals surface area contributed by atoms with E-state index in [9.17, 15) is 13.6 Å². The molecule has 0 fully saturated rings. The molecule has 3 aromatic rings. The molecule has 0 aliphatic heterocycles. The van der Waals surface area contributed by atoms with Crippen molar-refractivity contribution in [3.05, 3.63) is 60.6 Å². The molecule has 1 atom stereocenters. The van der Waals surface area contributed by atoms with Crippen molar-refractivity contribution in [2.24, 2.45) is 0 Å². The van der Waals surface area contributed by atoms with Crippen LogP contribution >= 0.6 is 11.8 Å². The lowest BCUT2D eigenvalue weighted by Crippen LogP contribution is -2.23. The van der Waals surface area contributed by atoms with E-state index in [1.807, 2.05) is 11.5 Å². The number of nitrogens with zero attached hydrogens (tertiary/aromatic N) is 3. The van der Waals surface area contributed by atoms with E-state index in [0.29, 0.717) is 23.3 Å². The van der Waals surface area contributed by atoms with Gasteiger partial charge in [0.1, 0.15) is 17.4 Å². The van der Waals surface area contributed by atoms with Gasteiger partial charge in [0, 0.05) is 12.6 Å². The van der Waals surface area contributed by atoms with E-state index in [-0.39, 0.29) is 5.69 Å². The van der Waals surface area contributed by atoms with Gasteiger partial charge in [0.15, 0.2) is 11.0 Å². The Balaban J connectivity index is 1.80. The van der Waals surface area contributed by atoms with Crippen LogP contribution in [0, 0.1) is 18.6 Å². The molecule has 1 aromatic carbocycles. The van der Waals surface area contributed by atoms with Gasteiger partial charge in [-0.1, -0.05) is 17.8 Å². The number of amides is 1. The summed E-state index contributed by atoms with van der Waals surface area (Å²) in [4.78, 5) is 12.4. The molecule has 0 unspecified atom stereocenters. The fourth-order valence-electron chi connectivity index (χ4n) is 2.53. The van der Waals surface area contributed by atoms with Gasteiger partial charge in [-0.15, -0.1) is 16.8 Å². The highest BCUT2D eigenvalue weighted by Gasteiger charge is 2.22. The van der Waals surface area contributed by atoms with Crippen LogP contribution in [0.25, 0.3) is 11.4 Å². The molecule has 3 rings (SSSR count). The number of allylic oxidation sites excluding steroid dienone is 1. The molecule has 0 saturated carbocycles. The summed E-state index contributed by atoms with van der Waals surface area (Å²) < 4.78 is 34.2. The molecule has 0 aliphatic rings. The summed E-state index contributed by atoms with van der Waals surface area (Å²) in [5, 5.41) is 10.6. The molecule has 6 nitrogen and oxygen atoms in total. The molecule has 2 aromatic heterocycles. The summed E-state index contributed by atoms with van der Waals surface area (Å²) in [7, 11) is 0. The Morgan fingerprint density at radius 1 is 1.39 bits per heavy atom. The van der Waals surface area contributed by atoms with Crippen molar-refractivity contribution in [1.82, 2.24) is 14.8 Å². The molecule has 0 radical (unpaired) electrons. The standard InChI is InChI=1S/C19H18F2N4O2S/c1-4-8-25-17(14-7-9-27-11(14)2)23-24-19(25)28-12(3)18(26)22-16-10-13(20)5-6-15(16)21/h4-7,9-10,12H,1,8H2,2-3H3,(H,22,26)/t12-/m0/s1. The first-order chi connectivity index (χ1) is 13.4. The van der Waals surface area contributed by atoms with E-state index in [0.717, 1.165) is 35.5 Å². The lowest BCUT2D eigenvalue weighted by Gasteiger charge is -2.13. The molecule has 1 amide bonds. The maximum absolute atomic E-state index is 13.7. The van der Waals surface area contributed by atoms with Gasteiger partial charge >= 0.3 is 0 Å². The van der Waals surface area contributed by atoms with E-state index in [4.69, 9.17) is 4.42 Å². The van der Waals surface area contributed by atoms with E-state index in [1.165, 1.54) is 0 Å². The van der Waals surface area contributed by atoms with Crippen molar-refractivity contribution < 1.29 is 18.0 Å². The van der Waals surface area contributed by atoms with Gasteiger partial charge in [0.25, 0.3) is 0 Å². The fraction of sp³-hybridized carbons (Fsp3) is 0.211. The summed E-state index contributed by atoms with van der Waals surface area (Å²) in [5.74, 6) is -0.537. The number of benzene rings is 1. The van der Waals surface area contributed by atoms with Crippen LogP contribution < -0.4 is 5.32 Å². The number of thioether (sulfide) groups is 1. The number of carbonyl (C=O) groups is 1. The van der Waals surface area contributed by atoms with Crippen LogP contribution in [0.3, 0.4) is 0 Å². The first-order valence-corrected chi connectivity index (χ1v) is 9.29. The van der Waals surface area contributed by atoms with E-state index < -0.39 is 22.8 Å². The number of nitrogens with one attached hydrogen (secondary N) is 1. The van der Waals surface area contributed by atoms with Crippen molar-refractivity contribution >= 4 is 23.4 Å². The molecule has 146 valence electrons. The zero-order valence-electron chi connectivity index (χ0n) is 15.3. The predicted molar refractivity (Wildman–Crippen MR) is 103 cm³/mol. The normalized spacial score (nSPS) is 12.0. The van der Waals surface area contributed by atoms with E-state index >= 15 is 0 Å². The minimum Gasteiger partial charge on any atom is -0.469 e. The number of halogens is 2. The smallest absolute Gasteiger partial charge is 0.237 e. The van der Waals surface area contributed by atoms with Gasteiger partial charge in [-0.05, 0) is 32.0 Å². The predicted octanol–water partition coefficient (Wildman–Crippen LogP) is 4.43. The van der Waals surface area contributed by atoms with Crippen LogP contribution in [0.4, 0.5) is 14.5 Å². The van der Waals surface area contributed by atoms with E-state index in [2.05, 4.69) is 22.1 Å². The summed E-state index contributed by atoms with van der Waals surface area (Å²) in [6.07, 6.45) is 3.26. The molecular formula is C19H18F2N4O2S. The number of aryl methyl sites for hydroxylation is 1. The van der Waals surface area contributed by atoms with Gasteiger partial charge in [-0.3, -0.25) is 9.36 Å². The minimum absolute atomic E-state index is 0.209. The van der Waals surface area contributed by atoms with Crippen LogP contribution in [-0.4, -0.2) is 25.9 Å². The summed E-state index contributed by atoms with van der Waals surface area (Å²) >= 11 is 1.15. The zero-order valence-corrected chi connectivity index (χ0v) is 16.1. The van der Waals surface area contributed by atoms with Crippen LogP contribution in [0.2, 0.25) is 0 Å². The topological polar surface area (TPSA) is 73.0 Å². The molecule has 9 heteroatoms. The van der Waals surface area contributed by atoms with Crippen molar-refractivity contribution in [1.29, 1.82) is 0 Å². The molecule has 1 N–H and O–H groups in total. The number of hydrogen-bond donors (Lipinski definition) is 1. The first kappa shape index (κ1) is 19.8. The Labute approximate surface area is 164 Å².